The molecule has 0 bridgehead atoms. The van der Waals surface area contributed by atoms with Crippen LogP contribution in [0.1, 0.15) is 63.8 Å². The molecule has 0 aliphatic carbocycles. The van der Waals surface area contributed by atoms with Gasteiger partial charge in [-0.25, -0.2) is 0 Å². The van der Waals surface area contributed by atoms with E-state index in [0.29, 0.717) is 0 Å². The molecule has 8 rings (SSSR count). The highest BCUT2D eigenvalue weighted by molar-refractivity contribution is 6.14. The minimum absolute atomic E-state index is 1.22. The molecule has 0 amide bonds. The number of hydrogen-bond acceptors (Lipinski definition) is 0. The van der Waals surface area contributed by atoms with Crippen molar-refractivity contribution in [2.24, 2.45) is 0 Å². The first-order valence-electron chi connectivity index (χ1n) is 19.6. The van der Waals surface area contributed by atoms with Crippen molar-refractivity contribution in [3.05, 3.63) is 180 Å². The van der Waals surface area contributed by atoms with Gasteiger partial charge in [0.15, 0.2) is 0 Å². The van der Waals surface area contributed by atoms with E-state index in [1.807, 2.05) is 27.7 Å². The maximum absolute atomic E-state index is 2.35. The molecule has 0 saturated carbocycles. The van der Waals surface area contributed by atoms with Crippen LogP contribution in [0.5, 0.6) is 0 Å². The van der Waals surface area contributed by atoms with Crippen LogP contribution in [-0.2, 0) is 0 Å². The van der Waals surface area contributed by atoms with E-state index < -0.39 is 0 Å². The lowest BCUT2D eigenvalue weighted by molar-refractivity contribution is 1.31. The molecule has 0 aliphatic rings. The van der Waals surface area contributed by atoms with Crippen molar-refractivity contribution in [3.63, 3.8) is 0 Å². The van der Waals surface area contributed by atoms with Crippen molar-refractivity contribution in [2.75, 3.05) is 0 Å². The van der Waals surface area contributed by atoms with Crippen LogP contribution in [0.2, 0.25) is 0 Å². The molecule has 0 aromatic heterocycles. The van der Waals surface area contributed by atoms with Gasteiger partial charge in [-0.05, 0) is 163 Å². The van der Waals surface area contributed by atoms with Gasteiger partial charge in [0.2, 0.25) is 0 Å². The Morgan fingerprint density at radius 1 is 0.352 bits per heavy atom. The van der Waals surface area contributed by atoms with Crippen LogP contribution in [0.15, 0.2) is 158 Å². The predicted octanol–water partition coefficient (Wildman–Crippen LogP) is 16.5. The molecule has 0 spiro atoms. The van der Waals surface area contributed by atoms with E-state index in [1.54, 1.807) is 0 Å². The van der Waals surface area contributed by atoms with Crippen LogP contribution in [0, 0.1) is 13.8 Å². The second-order valence-corrected chi connectivity index (χ2v) is 13.3. The van der Waals surface area contributed by atoms with Gasteiger partial charge in [0.05, 0.1) is 0 Å². The molecule has 0 atom stereocenters. The smallest absolute Gasteiger partial charge is 0.00988 e. The molecular formula is C54H52. The second kappa shape index (κ2) is 17.2. The average molecular weight is 701 g/mol. The van der Waals surface area contributed by atoms with Crippen molar-refractivity contribution >= 4 is 44.5 Å². The molecule has 268 valence electrons. The van der Waals surface area contributed by atoms with E-state index in [4.69, 9.17) is 0 Å². The lowest BCUT2D eigenvalue weighted by atomic mass is 9.88. The van der Waals surface area contributed by atoms with Crippen molar-refractivity contribution in [1.82, 2.24) is 0 Å². The summed E-state index contributed by atoms with van der Waals surface area (Å²) in [4.78, 5) is 0. The summed E-state index contributed by atoms with van der Waals surface area (Å²) in [5.41, 5.74) is 15.1. The highest BCUT2D eigenvalue weighted by Gasteiger charge is 2.13. The Labute approximate surface area is 323 Å². The molecule has 8 aromatic rings. The Morgan fingerprint density at radius 2 is 0.870 bits per heavy atom. The minimum Gasteiger partial charge on any atom is -0.0871 e. The molecular weight excluding hydrogens is 649 g/mol. The van der Waals surface area contributed by atoms with Gasteiger partial charge < -0.3 is 0 Å². The van der Waals surface area contributed by atoms with Crippen molar-refractivity contribution in [2.45, 2.75) is 55.4 Å². The highest BCUT2D eigenvalue weighted by Crippen LogP contribution is 2.38. The molecule has 0 heterocycles. The van der Waals surface area contributed by atoms with Gasteiger partial charge in [0.25, 0.3) is 0 Å². The molecule has 54 heavy (non-hydrogen) atoms. The molecule has 8 aromatic carbocycles. The summed E-state index contributed by atoms with van der Waals surface area (Å²) in [6.07, 6.45) is 8.74. The van der Waals surface area contributed by atoms with Crippen LogP contribution >= 0.6 is 0 Å². The zero-order chi connectivity index (χ0) is 38.2. The third-order valence-corrected chi connectivity index (χ3v) is 10.3. The predicted molar refractivity (Wildman–Crippen MR) is 242 cm³/mol. The zero-order valence-electron chi connectivity index (χ0n) is 33.2. The van der Waals surface area contributed by atoms with Crippen molar-refractivity contribution in [1.29, 1.82) is 0 Å². The Bertz CT molecular complexity index is 2630. The summed E-state index contributed by atoms with van der Waals surface area (Å²) in [7, 11) is 0. The first kappa shape index (κ1) is 37.8. The summed E-state index contributed by atoms with van der Waals surface area (Å²) in [5.74, 6) is 0. The molecule has 0 heteroatoms. The fourth-order valence-electron chi connectivity index (χ4n) is 7.57. The van der Waals surface area contributed by atoms with Gasteiger partial charge in [-0.2, -0.15) is 0 Å². The van der Waals surface area contributed by atoms with E-state index in [0.717, 1.165) is 0 Å². The SMILES string of the molecule is C/C=C\c1cc(-c2cccc(-c3ccc4ccc(-c5cccc(-c6cc7ccccc7c7ccccc67)c5)cc4c3)c2)c(/C=C\C)c(C)c1C.CC.CC. The van der Waals surface area contributed by atoms with Crippen LogP contribution in [0.25, 0.3) is 89.0 Å². The summed E-state index contributed by atoms with van der Waals surface area (Å²) in [6.45, 7) is 16.7. The third kappa shape index (κ3) is 7.43. The molecule has 0 nitrogen and oxygen atoms in total. The summed E-state index contributed by atoms with van der Waals surface area (Å²) in [5, 5.41) is 7.62. The minimum atomic E-state index is 1.22. The monoisotopic (exact) mass is 700 g/mol. The first-order chi connectivity index (χ1) is 26.5. The van der Waals surface area contributed by atoms with E-state index in [-0.39, 0.29) is 0 Å². The molecule has 0 N–H and O–H groups in total. The number of fused-ring (bicyclic) bond motifs is 4. The number of rotatable bonds is 6. The second-order valence-electron chi connectivity index (χ2n) is 13.3. The quantitative estimate of drug-likeness (QED) is 0.152. The van der Waals surface area contributed by atoms with E-state index in [2.05, 4.69) is 198 Å². The van der Waals surface area contributed by atoms with E-state index in [9.17, 15) is 0 Å². The van der Waals surface area contributed by atoms with Gasteiger partial charge in [-0.1, -0.05) is 161 Å². The molecule has 0 saturated heterocycles. The van der Waals surface area contributed by atoms with Crippen LogP contribution in [0.4, 0.5) is 0 Å². The Kier molecular flexibility index (Phi) is 12.1. The molecule has 0 fully saturated rings. The van der Waals surface area contributed by atoms with Gasteiger partial charge in [0.1, 0.15) is 0 Å². The van der Waals surface area contributed by atoms with Gasteiger partial charge in [0, 0.05) is 0 Å². The lowest BCUT2D eigenvalue weighted by Gasteiger charge is -2.16. The zero-order valence-corrected chi connectivity index (χ0v) is 33.2. The van der Waals surface area contributed by atoms with Gasteiger partial charge >= 0.3 is 0 Å². The average Bonchev–Trinajstić information content (AvgIpc) is 3.24. The summed E-state index contributed by atoms with van der Waals surface area (Å²) < 4.78 is 0. The van der Waals surface area contributed by atoms with E-state index >= 15 is 0 Å². The fraction of sp³-hybridized carbons (Fsp3) is 0.148. The lowest BCUT2D eigenvalue weighted by Crippen LogP contribution is -1.95. The summed E-state index contributed by atoms with van der Waals surface area (Å²) >= 11 is 0. The molecule has 0 unspecified atom stereocenters. The highest BCUT2D eigenvalue weighted by atomic mass is 14.2. The number of allylic oxidation sites excluding steroid dienone is 2. The van der Waals surface area contributed by atoms with E-state index in [1.165, 1.54) is 99.1 Å². The van der Waals surface area contributed by atoms with Crippen LogP contribution in [-0.4, -0.2) is 0 Å². The Morgan fingerprint density at radius 3 is 1.48 bits per heavy atom. The van der Waals surface area contributed by atoms with Crippen molar-refractivity contribution < 1.29 is 0 Å². The van der Waals surface area contributed by atoms with Gasteiger partial charge in [-0.3, -0.25) is 0 Å². The Hall–Kier alpha value is -5.98. The van der Waals surface area contributed by atoms with Gasteiger partial charge in [-0.15, -0.1) is 0 Å². The Balaban J connectivity index is 0.00000120. The first-order valence-corrected chi connectivity index (χ1v) is 19.6. The fourth-order valence-corrected chi connectivity index (χ4v) is 7.57. The molecule has 0 aliphatic heterocycles. The summed E-state index contributed by atoms with van der Waals surface area (Å²) in [6, 6.07) is 53.9. The largest absolute Gasteiger partial charge is 0.0871 e. The number of hydrogen-bond donors (Lipinski definition) is 0. The standard InChI is InChI=1S/C50H40.2C2H6/c1-5-13-36-31-49(45(14-6-2)34(4)33(36)3)41-18-11-16-37(27-41)39-25-23-35-24-26-40(30-44(35)29-39)38-17-12-19-42(28-38)50-32-43-15-7-8-20-46(43)47-21-9-10-22-48(47)50;2*1-2/h5-32H,1-4H3;2*1-2H3/b13-5-,14-6-;;. The number of benzene rings is 8. The van der Waals surface area contributed by atoms with Crippen LogP contribution < -0.4 is 0 Å². The normalized spacial score (nSPS) is 11.2. The molecule has 0 radical (unpaired) electrons. The third-order valence-electron chi connectivity index (χ3n) is 10.3. The maximum atomic E-state index is 2.35. The topological polar surface area (TPSA) is 0 Å². The van der Waals surface area contributed by atoms with Crippen LogP contribution in [0.3, 0.4) is 0 Å². The van der Waals surface area contributed by atoms with Crippen molar-refractivity contribution in [3.8, 4) is 44.5 Å². The maximum Gasteiger partial charge on any atom is -0.00988 e.